The normalized spacial score (nSPS) is 11.7. The van der Waals surface area contributed by atoms with Crippen LogP contribution < -0.4 is 5.73 Å². The number of carbonyl (C=O) groups excluding carboxylic acids is 1. The number of thioether (sulfide) groups is 1. The minimum Gasteiger partial charge on any atom is -0.374 e. The van der Waals surface area contributed by atoms with Crippen molar-refractivity contribution in [2.24, 2.45) is 5.73 Å². The van der Waals surface area contributed by atoms with Gasteiger partial charge in [-0.3, -0.25) is 4.79 Å². The quantitative estimate of drug-likeness (QED) is 0.491. The molecule has 0 atom stereocenters. The van der Waals surface area contributed by atoms with Gasteiger partial charge in [0, 0.05) is 31.6 Å². The summed E-state index contributed by atoms with van der Waals surface area (Å²) in [5.41, 5.74) is 5.06. The van der Waals surface area contributed by atoms with E-state index >= 15 is 0 Å². The first-order chi connectivity index (χ1) is 8.10. The molecule has 0 unspecified atom stereocenters. The molecule has 7 heteroatoms. The Hall–Kier alpha value is -0.0831. The van der Waals surface area contributed by atoms with Gasteiger partial charge in [0.1, 0.15) is 0 Å². The summed E-state index contributed by atoms with van der Waals surface area (Å²) in [5, 5.41) is -0.346. The van der Waals surface area contributed by atoms with Crippen LogP contribution in [-0.4, -0.2) is 39.6 Å². The van der Waals surface area contributed by atoms with Crippen LogP contribution in [0.5, 0.6) is 0 Å². The van der Waals surface area contributed by atoms with Crippen molar-refractivity contribution in [2.45, 2.75) is 33.2 Å². The summed E-state index contributed by atoms with van der Waals surface area (Å²) in [6.45, 7) is 7.52. The molecule has 0 saturated carbocycles. The van der Waals surface area contributed by atoms with Gasteiger partial charge in [0.05, 0.1) is 0 Å². The van der Waals surface area contributed by atoms with Crippen molar-refractivity contribution in [3.8, 4) is 0 Å². The Bertz CT molecular complexity index is 201. The molecule has 0 aromatic carbocycles. The average Bonchev–Trinajstić information content (AvgIpc) is 2.25. The monoisotopic (exact) mass is 281 g/mol. The van der Waals surface area contributed by atoms with Crippen LogP contribution in [-0.2, 0) is 13.3 Å². The molecule has 0 aliphatic heterocycles. The van der Waals surface area contributed by atoms with Crippen molar-refractivity contribution in [1.29, 1.82) is 0 Å². The Balaban J connectivity index is 4.18. The molecular weight excluding hydrogens is 258 g/mol. The number of hydrogen-bond donors (Lipinski definition) is 1. The minimum absolute atomic E-state index is 0.346. The molecule has 0 heterocycles. The van der Waals surface area contributed by atoms with Gasteiger partial charge in [-0.15, -0.1) is 0 Å². The molecule has 0 bridgehead atoms. The van der Waals surface area contributed by atoms with Crippen molar-refractivity contribution < 1.29 is 18.1 Å². The first-order valence-electron chi connectivity index (χ1n) is 5.94. The van der Waals surface area contributed by atoms with Gasteiger partial charge in [0.15, 0.2) is 0 Å². The van der Waals surface area contributed by atoms with Crippen molar-refractivity contribution in [1.82, 2.24) is 0 Å². The summed E-state index contributed by atoms with van der Waals surface area (Å²) in [6, 6.07) is 0.725. The fraction of sp³-hybridized carbons (Fsp3) is 0.900. The van der Waals surface area contributed by atoms with Crippen LogP contribution in [0, 0.1) is 0 Å². The molecule has 0 saturated heterocycles. The fourth-order valence-electron chi connectivity index (χ4n) is 1.46. The van der Waals surface area contributed by atoms with Crippen LogP contribution in [0.1, 0.15) is 27.2 Å². The molecule has 0 aromatic heterocycles. The SMILES string of the molecule is CCO[Si](CCCSC(N)=O)(OCC)OCC. The maximum absolute atomic E-state index is 10.6. The summed E-state index contributed by atoms with van der Waals surface area (Å²) in [6.07, 6.45) is 0.805. The van der Waals surface area contributed by atoms with Gasteiger partial charge in [-0.2, -0.15) is 0 Å². The van der Waals surface area contributed by atoms with Gasteiger partial charge < -0.3 is 19.0 Å². The van der Waals surface area contributed by atoms with Gasteiger partial charge >= 0.3 is 8.80 Å². The van der Waals surface area contributed by atoms with E-state index in [9.17, 15) is 4.79 Å². The molecule has 0 spiro atoms. The summed E-state index contributed by atoms with van der Waals surface area (Å²) in [5.74, 6) is 0.678. The highest BCUT2D eigenvalue weighted by molar-refractivity contribution is 8.13. The number of carbonyl (C=O) groups is 1. The van der Waals surface area contributed by atoms with Crippen LogP contribution >= 0.6 is 11.8 Å². The first kappa shape index (κ1) is 16.9. The molecule has 0 aromatic rings. The molecule has 0 aliphatic carbocycles. The van der Waals surface area contributed by atoms with Crippen molar-refractivity contribution in [2.75, 3.05) is 25.6 Å². The number of primary amides is 1. The fourth-order valence-corrected chi connectivity index (χ4v) is 4.82. The second-order valence-electron chi connectivity index (χ2n) is 3.25. The van der Waals surface area contributed by atoms with E-state index in [-0.39, 0.29) is 5.24 Å². The second-order valence-corrected chi connectivity index (χ2v) is 7.08. The molecule has 1 amide bonds. The van der Waals surface area contributed by atoms with Crippen LogP contribution in [0.4, 0.5) is 4.79 Å². The van der Waals surface area contributed by atoms with Crippen LogP contribution in [0.3, 0.4) is 0 Å². The maximum Gasteiger partial charge on any atom is 0.500 e. The highest BCUT2D eigenvalue weighted by Gasteiger charge is 2.39. The van der Waals surface area contributed by atoms with Gasteiger partial charge in [-0.25, -0.2) is 0 Å². The lowest BCUT2D eigenvalue weighted by Crippen LogP contribution is -2.46. The number of nitrogens with two attached hydrogens (primary N) is 1. The van der Waals surface area contributed by atoms with Gasteiger partial charge in [-0.05, 0) is 27.2 Å². The standard InChI is InChI=1S/C10H23NO4SSi/c1-4-13-17(14-5-2,15-6-3)9-7-8-16-10(11)12/h4-9H2,1-3H3,(H2,11,12). The Morgan fingerprint density at radius 3 is 1.94 bits per heavy atom. The Kier molecular flexibility index (Phi) is 9.85. The van der Waals surface area contributed by atoms with Crippen molar-refractivity contribution in [3.05, 3.63) is 0 Å². The minimum atomic E-state index is -2.53. The molecule has 2 N–H and O–H groups in total. The Labute approximate surface area is 109 Å². The molecule has 0 aliphatic rings. The zero-order valence-corrected chi connectivity index (χ0v) is 12.7. The Morgan fingerprint density at radius 1 is 1.12 bits per heavy atom. The topological polar surface area (TPSA) is 70.8 Å². The van der Waals surface area contributed by atoms with E-state index in [4.69, 9.17) is 19.0 Å². The van der Waals surface area contributed by atoms with E-state index in [1.807, 2.05) is 20.8 Å². The van der Waals surface area contributed by atoms with Crippen molar-refractivity contribution in [3.63, 3.8) is 0 Å². The first-order valence-corrected chi connectivity index (χ1v) is 8.86. The highest BCUT2D eigenvalue weighted by atomic mass is 32.2. The van der Waals surface area contributed by atoms with Crippen LogP contribution in [0.25, 0.3) is 0 Å². The molecule has 102 valence electrons. The molecule has 17 heavy (non-hydrogen) atoms. The van der Waals surface area contributed by atoms with E-state index in [1.54, 1.807) is 0 Å². The van der Waals surface area contributed by atoms with Crippen LogP contribution in [0.15, 0.2) is 0 Å². The predicted octanol–water partition coefficient (Wildman–Crippen LogP) is 2.24. The lowest BCUT2D eigenvalue weighted by molar-refractivity contribution is 0.0712. The smallest absolute Gasteiger partial charge is 0.374 e. The predicted molar refractivity (Wildman–Crippen MR) is 72.1 cm³/mol. The van der Waals surface area contributed by atoms with Crippen LogP contribution in [0.2, 0.25) is 6.04 Å². The van der Waals surface area contributed by atoms with E-state index in [1.165, 1.54) is 0 Å². The lowest BCUT2D eigenvalue weighted by Gasteiger charge is -2.28. The lowest BCUT2D eigenvalue weighted by atomic mass is 10.6. The molecule has 0 fully saturated rings. The molecule has 0 radical (unpaired) electrons. The van der Waals surface area contributed by atoms with Gasteiger partial charge in [0.2, 0.25) is 0 Å². The number of hydrogen-bond acceptors (Lipinski definition) is 5. The third-order valence-corrected chi connectivity index (χ3v) is 5.89. The zero-order valence-electron chi connectivity index (χ0n) is 10.9. The van der Waals surface area contributed by atoms with E-state index in [2.05, 4.69) is 0 Å². The summed E-state index contributed by atoms with van der Waals surface area (Å²) in [4.78, 5) is 10.6. The Morgan fingerprint density at radius 2 is 1.59 bits per heavy atom. The van der Waals surface area contributed by atoms with Gasteiger partial charge in [0.25, 0.3) is 5.24 Å². The molecular formula is C10H23NO4SSi. The molecule has 5 nitrogen and oxygen atoms in total. The van der Waals surface area contributed by atoms with E-state index < -0.39 is 8.80 Å². The average molecular weight is 281 g/mol. The number of rotatable bonds is 10. The third kappa shape index (κ3) is 7.77. The summed E-state index contributed by atoms with van der Waals surface area (Å²) in [7, 11) is -2.53. The summed E-state index contributed by atoms with van der Waals surface area (Å²) >= 11 is 1.12. The van der Waals surface area contributed by atoms with E-state index in [0.29, 0.717) is 25.6 Å². The maximum atomic E-state index is 10.6. The zero-order chi connectivity index (χ0) is 13.1. The highest BCUT2D eigenvalue weighted by Crippen LogP contribution is 2.19. The summed E-state index contributed by atoms with van der Waals surface area (Å²) < 4.78 is 17.1. The number of amides is 1. The van der Waals surface area contributed by atoms with Gasteiger partial charge in [-0.1, -0.05) is 11.8 Å². The third-order valence-electron chi connectivity index (χ3n) is 1.96. The van der Waals surface area contributed by atoms with Crippen molar-refractivity contribution >= 4 is 25.8 Å². The largest absolute Gasteiger partial charge is 0.500 e. The molecule has 0 rings (SSSR count). The second kappa shape index (κ2) is 9.90. The van der Waals surface area contributed by atoms with E-state index in [0.717, 1.165) is 24.2 Å².